The molecule has 2 fully saturated rings. The topological polar surface area (TPSA) is 76.2 Å². The first-order chi connectivity index (χ1) is 15.4. The fourth-order valence-corrected chi connectivity index (χ4v) is 4.66. The predicted octanol–water partition coefficient (Wildman–Crippen LogP) is 3.73. The van der Waals surface area contributed by atoms with Gasteiger partial charge in [-0.2, -0.15) is 0 Å². The molecule has 2 aromatic carbocycles. The van der Waals surface area contributed by atoms with Crippen LogP contribution in [0.5, 0.6) is 11.5 Å². The van der Waals surface area contributed by atoms with Gasteiger partial charge in [0.15, 0.2) is 11.5 Å². The zero-order valence-electron chi connectivity index (χ0n) is 18.7. The number of benzene rings is 2. The van der Waals surface area contributed by atoms with Crippen LogP contribution in [-0.4, -0.2) is 48.9 Å². The zero-order valence-corrected chi connectivity index (χ0v) is 18.7. The Balaban J connectivity index is 1.68. The van der Waals surface area contributed by atoms with Gasteiger partial charge in [0, 0.05) is 11.6 Å². The van der Waals surface area contributed by atoms with Crippen molar-refractivity contribution in [2.24, 2.45) is 0 Å². The number of nitrogens with zero attached hydrogens (tertiary/aromatic N) is 2. The number of anilines is 1. The number of aryl methyl sites for hydroxylation is 1. The molecular weight excluding hydrogens is 408 g/mol. The van der Waals surface area contributed by atoms with Crippen LogP contribution in [0.2, 0.25) is 0 Å². The van der Waals surface area contributed by atoms with Crippen LogP contribution < -0.4 is 14.4 Å². The molecule has 2 aliphatic rings. The van der Waals surface area contributed by atoms with Crippen molar-refractivity contribution >= 4 is 23.4 Å². The first-order valence-corrected chi connectivity index (χ1v) is 10.9. The minimum atomic E-state index is -0.813. The fourth-order valence-electron chi connectivity index (χ4n) is 4.66. The molecule has 7 nitrogen and oxygen atoms in total. The molecule has 7 heteroatoms. The third kappa shape index (κ3) is 3.95. The van der Waals surface area contributed by atoms with Crippen LogP contribution in [0, 0.1) is 6.92 Å². The quantitative estimate of drug-likeness (QED) is 0.645. The van der Waals surface area contributed by atoms with Crippen molar-refractivity contribution in [3.8, 4) is 11.5 Å². The third-order valence-corrected chi connectivity index (χ3v) is 6.33. The second-order valence-electron chi connectivity index (χ2n) is 8.34. The van der Waals surface area contributed by atoms with Gasteiger partial charge in [0.25, 0.3) is 11.8 Å². The third-order valence-electron chi connectivity index (χ3n) is 6.33. The van der Waals surface area contributed by atoms with Crippen molar-refractivity contribution in [3.05, 3.63) is 53.6 Å². The summed E-state index contributed by atoms with van der Waals surface area (Å²) in [6.45, 7) is 1.95. The van der Waals surface area contributed by atoms with E-state index in [1.54, 1.807) is 35.2 Å². The van der Waals surface area contributed by atoms with E-state index in [0.29, 0.717) is 22.7 Å². The maximum absolute atomic E-state index is 13.7. The van der Waals surface area contributed by atoms with Gasteiger partial charge in [-0.25, -0.2) is 4.90 Å². The number of ether oxygens (including phenoxy) is 2. The van der Waals surface area contributed by atoms with Crippen LogP contribution in [0.3, 0.4) is 0 Å². The molecule has 1 unspecified atom stereocenters. The highest BCUT2D eigenvalue weighted by Crippen LogP contribution is 2.34. The number of carbonyl (C=O) groups is 3. The molecule has 0 aromatic heterocycles. The lowest BCUT2D eigenvalue weighted by Gasteiger charge is -2.33. The van der Waals surface area contributed by atoms with Crippen molar-refractivity contribution in [1.82, 2.24) is 4.90 Å². The molecule has 0 bridgehead atoms. The lowest BCUT2D eigenvalue weighted by Crippen LogP contribution is -2.50. The van der Waals surface area contributed by atoms with Gasteiger partial charge >= 0.3 is 0 Å². The number of methoxy groups -OCH3 is 2. The van der Waals surface area contributed by atoms with Gasteiger partial charge in [-0.15, -0.1) is 0 Å². The van der Waals surface area contributed by atoms with Crippen LogP contribution in [0.4, 0.5) is 5.69 Å². The molecule has 1 saturated carbocycles. The molecule has 2 aromatic rings. The normalized spacial score (nSPS) is 18.8. The summed E-state index contributed by atoms with van der Waals surface area (Å²) in [5, 5.41) is 0. The van der Waals surface area contributed by atoms with Crippen LogP contribution >= 0.6 is 0 Å². The Morgan fingerprint density at radius 1 is 0.969 bits per heavy atom. The van der Waals surface area contributed by atoms with Gasteiger partial charge in [-0.3, -0.25) is 14.4 Å². The molecule has 0 radical (unpaired) electrons. The first-order valence-electron chi connectivity index (χ1n) is 10.9. The molecule has 168 valence electrons. The Morgan fingerprint density at radius 2 is 1.62 bits per heavy atom. The van der Waals surface area contributed by atoms with Gasteiger partial charge in [-0.1, -0.05) is 30.5 Å². The molecule has 0 N–H and O–H groups in total. The van der Waals surface area contributed by atoms with E-state index in [1.165, 1.54) is 19.1 Å². The highest BCUT2D eigenvalue weighted by Gasteiger charge is 2.47. The Bertz CT molecular complexity index is 1030. The molecular formula is C25H28N2O5. The lowest BCUT2D eigenvalue weighted by molar-refractivity contribution is -0.123. The lowest BCUT2D eigenvalue weighted by atomic mass is 10.1. The average Bonchev–Trinajstić information content (AvgIpc) is 3.43. The van der Waals surface area contributed by atoms with E-state index in [2.05, 4.69) is 0 Å². The van der Waals surface area contributed by atoms with E-state index < -0.39 is 6.04 Å². The largest absolute Gasteiger partial charge is 0.493 e. The Kier molecular flexibility index (Phi) is 6.17. The van der Waals surface area contributed by atoms with Crippen LogP contribution in [0.25, 0.3) is 0 Å². The molecule has 1 aliphatic carbocycles. The molecule has 4 rings (SSSR count). The monoisotopic (exact) mass is 436 g/mol. The van der Waals surface area contributed by atoms with Crippen molar-refractivity contribution in [2.45, 2.75) is 51.1 Å². The number of amides is 3. The summed E-state index contributed by atoms with van der Waals surface area (Å²) in [5.74, 6) is 0.0651. The maximum Gasteiger partial charge on any atom is 0.257 e. The van der Waals surface area contributed by atoms with Crippen LogP contribution in [0.1, 0.15) is 48.0 Å². The van der Waals surface area contributed by atoms with E-state index in [1.807, 2.05) is 19.1 Å². The second-order valence-corrected chi connectivity index (χ2v) is 8.34. The number of hydrogen-bond donors (Lipinski definition) is 0. The van der Waals surface area contributed by atoms with E-state index >= 15 is 0 Å². The SMILES string of the molecule is COc1ccc(C(=O)N(C2CCCC2)C2CC(=O)N(c3ccc(C)cc3)C2=O)cc1OC. The van der Waals surface area contributed by atoms with Crippen molar-refractivity contribution in [1.29, 1.82) is 0 Å². The van der Waals surface area contributed by atoms with Crippen molar-refractivity contribution in [3.63, 3.8) is 0 Å². The summed E-state index contributed by atoms with van der Waals surface area (Å²) < 4.78 is 10.6. The molecule has 3 amide bonds. The standard InChI is InChI=1S/C25H28N2O5/c1-16-8-11-19(12-9-16)27-23(28)15-20(25(27)30)26(18-6-4-5-7-18)24(29)17-10-13-21(31-2)22(14-17)32-3/h8-14,18,20H,4-7,15H2,1-3H3. The van der Waals surface area contributed by atoms with Gasteiger partial charge in [0.05, 0.1) is 26.3 Å². The summed E-state index contributed by atoms with van der Waals surface area (Å²) >= 11 is 0. The highest BCUT2D eigenvalue weighted by atomic mass is 16.5. The maximum atomic E-state index is 13.7. The van der Waals surface area contributed by atoms with Gasteiger partial charge in [0.1, 0.15) is 6.04 Å². The van der Waals surface area contributed by atoms with Gasteiger partial charge in [0.2, 0.25) is 5.91 Å². The zero-order chi connectivity index (χ0) is 22.8. The van der Waals surface area contributed by atoms with E-state index in [-0.39, 0.29) is 30.2 Å². The molecule has 32 heavy (non-hydrogen) atoms. The molecule has 1 heterocycles. The van der Waals surface area contributed by atoms with Gasteiger partial charge in [-0.05, 0) is 50.1 Å². The number of rotatable bonds is 6. The van der Waals surface area contributed by atoms with Crippen molar-refractivity contribution in [2.75, 3.05) is 19.1 Å². The van der Waals surface area contributed by atoms with Crippen LogP contribution in [-0.2, 0) is 9.59 Å². The average molecular weight is 437 g/mol. The van der Waals surface area contributed by atoms with E-state index in [4.69, 9.17) is 9.47 Å². The Morgan fingerprint density at radius 3 is 2.25 bits per heavy atom. The summed E-state index contributed by atoms with van der Waals surface area (Å²) in [6.07, 6.45) is 3.62. The summed E-state index contributed by atoms with van der Waals surface area (Å²) in [4.78, 5) is 42.8. The second kappa shape index (κ2) is 9.02. The number of hydrogen-bond acceptors (Lipinski definition) is 5. The molecule has 1 atom stereocenters. The highest BCUT2D eigenvalue weighted by molar-refractivity contribution is 6.23. The van der Waals surface area contributed by atoms with Crippen LogP contribution in [0.15, 0.2) is 42.5 Å². The summed E-state index contributed by atoms with van der Waals surface area (Å²) in [5.41, 5.74) is 1.99. The fraction of sp³-hybridized carbons (Fsp3) is 0.400. The molecule has 1 saturated heterocycles. The molecule has 0 spiro atoms. The Hall–Kier alpha value is -3.35. The number of imide groups is 1. The minimum absolute atomic E-state index is 0.0117. The minimum Gasteiger partial charge on any atom is -0.493 e. The van der Waals surface area contributed by atoms with Gasteiger partial charge < -0.3 is 14.4 Å². The number of carbonyl (C=O) groups excluding carboxylic acids is 3. The predicted molar refractivity (Wildman–Crippen MR) is 120 cm³/mol. The first kappa shape index (κ1) is 21.9. The smallest absolute Gasteiger partial charge is 0.257 e. The van der Waals surface area contributed by atoms with E-state index in [0.717, 1.165) is 31.2 Å². The Labute approximate surface area is 187 Å². The summed E-state index contributed by atoms with van der Waals surface area (Å²) in [7, 11) is 3.05. The molecule has 1 aliphatic heterocycles. The van der Waals surface area contributed by atoms with E-state index in [9.17, 15) is 14.4 Å². The van der Waals surface area contributed by atoms with Crippen molar-refractivity contribution < 1.29 is 23.9 Å². The summed E-state index contributed by atoms with van der Waals surface area (Å²) in [6, 6.07) is 11.4.